The molecule has 37 heavy (non-hydrogen) atoms. The van der Waals surface area contributed by atoms with Crippen molar-refractivity contribution < 1.29 is 19.4 Å². The van der Waals surface area contributed by atoms with Crippen LogP contribution in [0, 0.1) is 0 Å². The van der Waals surface area contributed by atoms with Crippen molar-refractivity contribution in [3.63, 3.8) is 0 Å². The van der Waals surface area contributed by atoms with Crippen LogP contribution in [0.25, 0.3) is 21.5 Å². The van der Waals surface area contributed by atoms with Gasteiger partial charge in [0.25, 0.3) is 0 Å². The van der Waals surface area contributed by atoms with Gasteiger partial charge < -0.3 is 9.84 Å². The van der Waals surface area contributed by atoms with E-state index in [9.17, 15) is 9.59 Å². The first-order valence-electron chi connectivity index (χ1n) is 14.4. The summed E-state index contributed by atoms with van der Waals surface area (Å²) in [6.07, 6.45) is 15.4. The van der Waals surface area contributed by atoms with E-state index in [1.54, 1.807) is 0 Å². The monoisotopic (exact) mass is 504 g/mol. The fraction of sp³-hybridized carbons (Fsp3) is 0.515. The molecule has 0 aliphatic rings. The van der Waals surface area contributed by atoms with Crippen LogP contribution in [-0.2, 0) is 9.53 Å². The van der Waals surface area contributed by atoms with Gasteiger partial charge in [-0.15, -0.1) is 0 Å². The highest BCUT2D eigenvalue weighted by molar-refractivity contribution is 6.16. The fourth-order valence-electron chi connectivity index (χ4n) is 5.21. The molecule has 3 aromatic rings. The molecule has 1 unspecified atom stereocenters. The number of benzene rings is 3. The number of fused-ring (bicyclic) bond motifs is 2. The zero-order chi connectivity index (χ0) is 26.3. The minimum absolute atomic E-state index is 0.139. The van der Waals surface area contributed by atoms with E-state index in [2.05, 4.69) is 13.0 Å². The van der Waals surface area contributed by atoms with Gasteiger partial charge in [-0.3, -0.25) is 4.79 Å². The van der Waals surface area contributed by atoms with Crippen molar-refractivity contribution in [2.45, 2.75) is 109 Å². The summed E-state index contributed by atoms with van der Waals surface area (Å²) in [5.41, 5.74) is 0.650. The van der Waals surface area contributed by atoms with Crippen molar-refractivity contribution in [3.05, 3.63) is 60.2 Å². The molecule has 0 aliphatic carbocycles. The number of carboxylic acids is 1. The van der Waals surface area contributed by atoms with Crippen LogP contribution in [0.2, 0.25) is 0 Å². The summed E-state index contributed by atoms with van der Waals surface area (Å²) in [4.78, 5) is 24.5. The van der Waals surface area contributed by atoms with Crippen LogP contribution in [0.5, 0.6) is 0 Å². The van der Waals surface area contributed by atoms with Gasteiger partial charge in [0.15, 0.2) is 0 Å². The molecule has 0 aromatic heterocycles. The number of ether oxygens (including phenoxy) is 1. The van der Waals surface area contributed by atoms with Gasteiger partial charge in [0.1, 0.15) is 6.10 Å². The van der Waals surface area contributed by atoms with Crippen molar-refractivity contribution in [3.8, 4) is 0 Å². The van der Waals surface area contributed by atoms with Crippen LogP contribution in [-0.4, -0.2) is 23.1 Å². The second kappa shape index (κ2) is 16.1. The molecule has 0 heterocycles. The maximum atomic E-state index is 13.6. The van der Waals surface area contributed by atoms with Crippen molar-refractivity contribution >= 4 is 33.5 Å². The second-order valence-corrected chi connectivity index (χ2v) is 10.3. The standard InChI is InChI=1S/C33H44O4/c1-2-3-4-5-6-7-8-9-11-20-28(21-12-10-13-24-31(34)35)37-33(36)32-29-22-16-14-18-26(29)25-27-19-15-17-23-30(27)32/h14-19,22-23,25,28H,2-13,20-21,24H2,1H3,(H,34,35). The number of hydrogen-bond acceptors (Lipinski definition) is 3. The lowest BCUT2D eigenvalue weighted by molar-refractivity contribution is -0.137. The molecule has 0 spiro atoms. The smallest absolute Gasteiger partial charge is 0.339 e. The van der Waals surface area contributed by atoms with E-state index in [0.717, 1.165) is 60.1 Å². The summed E-state index contributed by atoms with van der Waals surface area (Å²) < 4.78 is 6.20. The van der Waals surface area contributed by atoms with Crippen LogP contribution in [0.1, 0.15) is 114 Å². The molecule has 1 N–H and O–H groups in total. The van der Waals surface area contributed by atoms with Gasteiger partial charge >= 0.3 is 11.9 Å². The van der Waals surface area contributed by atoms with Crippen molar-refractivity contribution in [1.29, 1.82) is 0 Å². The fourth-order valence-corrected chi connectivity index (χ4v) is 5.21. The number of carboxylic acid groups (broad SMARTS) is 1. The molecule has 4 nitrogen and oxygen atoms in total. The Morgan fingerprint density at radius 2 is 1.19 bits per heavy atom. The van der Waals surface area contributed by atoms with E-state index in [4.69, 9.17) is 9.84 Å². The van der Waals surface area contributed by atoms with Crippen LogP contribution >= 0.6 is 0 Å². The highest BCUT2D eigenvalue weighted by Crippen LogP contribution is 2.30. The second-order valence-electron chi connectivity index (χ2n) is 10.3. The topological polar surface area (TPSA) is 63.6 Å². The minimum Gasteiger partial charge on any atom is -0.481 e. The molecule has 0 saturated heterocycles. The highest BCUT2D eigenvalue weighted by Gasteiger charge is 2.20. The number of carbonyl (C=O) groups is 2. The minimum atomic E-state index is -0.750. The SMILES string of the molecule is CCCCCCCCCCCC(CCCCCC(=O)O)OC(=O)c1c2ccccc2cc2ccccc12. The van der Waals surface area contributed by atoms with E-state index in [1.807, 2.05) is 48.5 Å². The number of unbranched alkanes of at least 4 members (excludes halogenated alkanes) is 10. The average molecular weight is 505 g/mol. The van der Waals surface area contributed by atoms with Crippen LogP contribution < -0.4 is 0 Å². The van der Waals surface area contributed by atoms with E-state index < -0.39 is 5.97 Å². The van der Waals surface area contributed by atoms with E-state index in [-0.39, 0.29) is 18.5 Å². The van der Waals surface area contributed by atoms with Crippen molar-refractivity contribution in [2.75, 3.05) is 0 Å². The number of aliphatic carboxylic acids is 1. The van der Waals surface area contributed by atoms with E-state index in [1.165, 1.54) is 44.9 Å². The molecular formula is C33H44O4. The molecule has 0 saturated carbocycles. The lowest BCUT2D eigenvalue weighted by Gasteiger charge is -2.20. The van der Waals surface area contributed by atoms with Gasteiger partial charge in [-0.25, -0.2) is 4.79 Å². The molecule has 0 radical (unpaired) electrons. The number of rotatable bonds is 18. The van der Waals surface area contributed by atoms with Crippen molar-refractivity contribution in [2.24, 2.45) is 0 Å². The maximum Gasteiger partial charge on any atom is 0.339 e. The largest absolute Gasteiger partial charge is 0.481 e. The van der Waals surface area contributed by atoms with Gasteiger partial charge in [0.2, 0.25) is 0 Å². The van der Waals surface area contributed by atoms with E-state index >= 15 is 0 Å². The molecule has 0 aliphatic heterocycles. The predicted octanol–water partition coefficient (Wildman–Crippen LogP) is 9.47. The first-order chi connectivity index (χ1) is 18.1. The number of carbonyl (C=O) groups excluding carboxylic acids is 1. The van der Waals surface area contributed by atoms with Gasteiger partial charge in [-0.1, -0.05) is 113 Å². The Hall–Kier alpha value is -2.88. The lowest BCUT2D eigenvalue weighted by Crippen LogP contribution is -2.19. The molecule has 4 heteroatoms. The predicted molar refractivity (Wildman–Crippen MR) is 153 cm³/mol. The molecule has 1 atom stereocenters. The lowest BCUT2D eigenvalue weighted by atomic mass is 9.96. The third kappa shape index (κ3) is 9.50. The van der Waals surface area contributed by atoms with Gasteiger partial charge in [-0.2, -0.15) is 0 Å². The van der Waals surface area contributed by atoms with Crippen LogP contribution in [0.4, 0.5) is 0 Å². The molecule has 200 valence electrons. The Morgan fingerprint density at radius 1 is 0.703 bits per heavy atom. The van der Waals surface area contributed by atoms with Crippen LogP contribution in [0.3, 0.4) is 0 Å². The third-order valence-electron chi connectivity index (χ3n) is 7.30. The molecule has 3 rings (SSSR count). The van der Waals surface area contributed by atoms with Crippen molar-refractivity contribution in [1.82, 2.24) is 0 Å². The van der Waals surface area contributed by atoms with Gasteiger partial charge in [-0.05, 0) is 59.7 Å². The zero-order valence-corrected chi connectivity index (χ0v) is 22.6. The number of hydrogen-bond donors (Lipinski definition) is 1. The van der Waals surface area contributed by atoms with Crippen LogP contribution in [0.15, 0.2) is 54.6 Å². The Morgan fingerprint density at radius 3 is 1.73 bits per heavy atom. The molecular weight excluding hydrogens is 460 g/mol. The average Bonchev–Trinajstić information content (AvgIpc) is 2.90. The van der Waals surface area contributed by atoms with E-state index in [0.29, 0.717) is 12.0 Å². The first kappa shape index (κ1) is 28.7. The maximum absolute atomic E-state index is 13.6. The summed E-state index contributed by atoms with van der Waals surface area (Å²) in [7, 11) is 0. The Kier molecular flexibility index (Phi) is 12.5. The molecule has 3 aromatic carbocycles. The summed E-state index contributed by atoms with van der Waals surface area (Å²) in [6.45, 7) is 2.25. The third-order valence-corrected chi connectivity index (χ3v) is 7.30. The summed E-state index contributed by atoms with van der Waals surface area (Å²) in [5, 5.41) is 12.8. The van der Waals surface area contributed by atoms with Gasteiger partial charge in [0, 0.05) is 6.42 Å². The highest BCUT2D eigenvalue weighted by atomic mass is 16.5. The summed E-state index contributed by atoms with van der Waals surface area (Å²) in [6, 6.07) is 18.1. The summed E-state index contributed by atoms with van der Waals surface area (Å²) >= 11 is 0. The number of esters is 1. The zero-order valence-electron chi connectivity index (χ0n) is 22.6. The Labute approximate surface area is 222 Å². The molecule has 0 amide bonds. The van der Waals surface area contributed by atoms with Gasteiger partial charge in [0.05, 0.1) is 5.56 Å². The normalized spacial score (nSPS) is 12.1. The Balaban J connectivity index is 1.63. The Bertz CT molecular complexity index is 1070. The molecule has 0 fully saturated rings. The first-order valence-corrected chi connectivity index (χ1v) is 14.4. The summed E-state index contributed by atoms with van der Waals surface area (Å²) in [5.74, 6) is -1.00. The molecule has 0 bridgehead atoms. The quantitative estimate of drug-likeness (QED) is 0.106.